The van der Waals surface area contributed by atoms with Crippen molar-refractivity contribution in [2.24, 2.45) is 28.3 Å². The third-order valence-electron chi connectivity index (χ3n) is 10.2. The predicted octanol–water partition coefficient (Wildman–Crippen LogP) is 4.52. The topological polar surface area (TPSA) is 63.2 Å². The molecule has 1 N–H and O–H groups in total. The number of hydrogen-bond acceptors (Lipinski definition) is 5. The van der Waals surface area contributed by atoms with Crippen LogP contribution in [0.3, 0.4) is 0 Å². The van der Waals surface area contributed by atoms with Gasteiger partial charge in [-0.2, -0.15) is 5.10 Å². The molecular weight excluding hydrogens is 426 g/mol. The van der Waals surface area contributed by atoms with Gasteiger partial charge >= 0.3 is 0 Å². The van der Waals surface area contributed by atoms with Gasteiger partial charge in [-0.25, -0.2) is 5.43 Å². The minimum Gasteiger partial charge on any atom is -0.493 e. The lowest BCUT2D eigenvalue weighted by molar-refractivity contribution is -0.146. The second kappa shape index (κ2) is 8.25. The zero-order valence-corrected chi connectivity index (χ0v) is 20.9. The van der Waals surface area contributed by atoms with Gasteiger partial charge in [0.1, 0.15) is 0 Å². The van der Waals surface area contributed by atoms with Gasteiger partial charge in [0.05, 0.1) is 19.6 Å². The summed E-state index contributed by atoms with van der Waals surface area (Å²) in [4.78, 5) is 15.9. The molecule has 0 unspecified atom stereocenters. The molecule has 1 aliphatic heterocycles. The van der Waals surface area contributed by atoms with Gasteiger partial charge in [-0.3, -0.25) is 4.79 Å². The lowest BCUT2D eigenvalue weighted by Gasteiger charge is -2.55. The van der Waals surface area contributed by atoms with Crippen LogP contribution in [0.15, 0.2) is 23.3 Å². The normalized spacial score (nSPS) is 39.8. The zero-order chi connectivity index (χ0) is 23.5. The summed E-state index contributed by atoms with van der Waals surface area (Å²) in [7, 11) is 5.61. The second-order valence-electron chi connectivity index (χ2n) is 12.0. The highest BCUT2D eigenvalue weighted by molar-refractivity contribution is 5.89. The van der Waals surface area contributed by atoms with Gasteiger partial charge in [0.25, 0.3) is 0 Å². The number of carbonyl (C=O) groups is 1. The van der Waals surface area contributed by atoms with Gasteiger partial charge in [0.2, 0.25) is 5.91 Å². The van der Waals surface area contributed by atoms with Crippen molar-refractivity contribution < 1.29 is 14.3 Å². The van der Waals surface area contributed by atoms with Gasteiger partial charge in [-0.15, -0.1) is 0 Å². The standard InChI is InChI=1S/C28H39N3O3/c1-31-9-8-28(21-4-5-23(33-2)24(13-21)34-3)7-6-22(14-25(28)31)29-30-26(32)27-15-18-10-19(16-27)12-20(11-18)17-27/h4-5,13,18-20,25H,6-12,14-17H2,1-3H3,(H,30,32)/b29-22+/t18?,19?,20?,25-,27?,28-/m0/s1. The number of carbonyl (C=O) groups excluding carboxylic acids is 1. The first kappa shape index (κ1) is 22.4. The van der Waals surface area contributed by atoms with Crippen LogP contribution >= 0.6 is 0 Å². The van der Waals surface area contributed by atoms with Crippen LogP contribution in [0.2, 0.25) is 0 Å². The van der Waals surface area contributed by atoms with Crippen LogP contribution in [0.5, 0.6) is 11.5 Å². The molecule has 184 valence electrons. The average Bonchev–Trinajstić information content (AvgIpc) is 3.18. The van der Waals surface area contributed by atoms with E-state index in [0.29, 0.717) is 6.04 Å². The molecule has 0 radical (unpaired) electrons. The zero-order valence-electron chi connectivity index (χ0n) is 20.9. The van der Waals surface area contributed by atoms with Gasteiger partial charge in [-0.05, 0) is 107 Å². The monoisotopic (exact) mass is 465 g/mol. The number of methoxy groups -OCH3 is 2. The van der Waals surface area contributed by atoms with Gasteiger partial charge < -0.3 is 14.4 Å². The van der Waals surface area contributed by atoms with E-state index in [4.69, 9.17) is 14.6 Å². The molecule has 4 bridgehead atoms. The fourth-order valence-corrected chi connectivity index (χ4v) is 8.82. The number of rotatable bonds is 5. The third kappa shape index (κ3) is 3.47. The molecule has 34 heavy (non-hydrogen) atoms. The van der Waals surface area contributed by atoms with Gasteiger partial charge in [0.15, 0.2) is 11.5 Å². The van der Waals surface area contributed by atoms with Crippen LogP contribution in [-0.4, -0.2) is 50.4 Å². The first-order valence-corrected chi connectivity index (χ1v) is 13.2. The summed E-state index contributed by atoms with van der Waals surface area (Å²) in [6.45, 7) is 1.08. The minimum absolute atomic E-state index is 0.0945. The summed E-state index contributed by atoms with van der Waals surface area (Å²) in [6, 6.07) is 6.80. The highest BCUT2D eigenvalue weighted by Gasteiger charge is 2.55. The SMILES string of the molecule is COc1ccc([C@@]23CC/C(=N\NC(=O)C45CC6CC(CC(C6)C4)C5)C[C@@H]2N(C)CC3)cc1OC. The maximum Gasteiger partial charge on any atom is 0.246 e. The number of benzene rings is 1. The average molecular weight is 466 g/mol. The Balaban J connectivity index is 1.19. The fraction of sp³-hybridized carbons (Fsp3) is 0.714. The molecule has 6 nitrogen and oxygen atoms in total. The third-order valence-corrected chi connectivity index (χ3v) is 10.2. The van der Waals surface area contributed by atoms with Crippen LogP contribution in [0.4, 0.5) is 0 Å². The number of likely N-dealkylation sites (tertiary alicyclic amines) is 1. The van der Waals surface area contributed by atoms with E-state index in [-0.39, 0.29) is 16.7 Å². The highest BCUT2D eigenvalue weighted by Crippen LogP contribution is 2.60. The van der Waals surface area contributed by atoms with Crippen LogP contribution in [0, 0.1) is 23.2 Å². The molecule has 0 aromatic heterocycles. The Morgan fingerprint density at radius 3 is 2.35 bits per heavy atom. The van der Waals surface area contributed by atoms with Crippen molar-refractivity contribution in [2.75, 3.05) is 27.8 Å². The number of hydrazone groups is 1. The summed E-state index contributed by atoms with van der Waals surface area (Å²) >= 11 is 0. The Labute approximate surface area is 203 Å². The number of likely N-dealkylation sites (N-methyl/N-ethyl adjacent to an activating group) is 1. The number of amides is 1. The lowest BCUT2D eigenvalue weighted by Crippen LogP contribution is -2.53. The Hall–Kier alpha value is -2.08. The maximum absolute atomic E-state index is 13.4. The maximum atomic E-state index is 13.4. The molecule has 1 amide bonds. The second-order valence-corrected chi connectivity index (χ2v) is 12.0. The Morgan fingerprint density at radius 2 is 1.71 bits per heavy atom. The van der Waals surface area contributed by atoms with Crippen molar-refractivity contribution in [2.45, 2.75) is 75.7 Å². The largest absolute Gasteiger partial charge is 0.493 e. The van der Waals surface area contributed by atoms with Crippen molar-refractivity contribution in [1.29, 1.82) is 0 Å². The van der Waals surface area contributed by atoms with E-state index >= 15 is 0 Å². The summed E-state index contributed by atoms with van der Waals surface area (Å²) in [6.07, 6.45) is 11.3. The van der Waals surface area contributed by atoms with Gasteiger partial charge in [-0.1, -0.05) is 6.07 Å². The molecule has 5 saturated carbocycles. The lowest BCUT2D eigenvalue weighted by atomic mass is 9.49. The predicted molar refractivity (Wildman–Crippen MR) is 132 cm³/mol. The molecule has 0 spiro atoms. The molecule has 1 saturated heterocycles. The van der Waals surface area contributed by atoms with E-state index in [1.165, 1.54) is 24.8 Å². The van der Waals surface area contributed by atoms with Crippen molar-refractivity contribution >= 4 is 11.6 Å². The summed E-state index contributed by atoms with van der Waals surface area (Å²) < 4.78 is 11.1. The van der Waals surface area contributed by atoms with Crippen molar-refractivity contribution in [3.05, 3.63) is 23.8 Å². The number of ether oxygens (including phenoxy) is 2. The molecule has 1 aromatic carbocycles. The Morgan fingerprint density at radius 1 is 1.03 bits per heavy atom. The highest BCUT2D eigenvalue weighted by atomic mass is 16.5. The van der Waals surface area contributed by atoms with E-state index in [2.05, 4.69) is 29.5 Å². The molecule has 1 aromatic rings. The summed E-state index contributed by atoms with van der Waals surface area (Å²) in [5.41, 5.74) is 5.52. The number of nitrogens with one attached hydrogen (secondary N) is 1. The molecule has 6 aliphatic rings. The van der Waals surface area contributed by atoms with E-state index in [9.17, 15) is 4.79 Å². The molecule has 6 fully saturated rings. The quantitative estimate of drug-likeness (QED) is 0.650. The van der Waals surface area contributed by atoms with E-state index < -0.39 is 0 Å². The Kier molecular flexibility index (Phi) is 5.43. The molecule has 2 atom stereocenters. The van der Waals surface area contributed by atoms with Crippen LogP contribution in [0.1, 0.15) is 69.8 Å². The fourth-order valence-electron chi connectivity index (χ4n) is 8.82. The van der Waals surface area contributed by atoms with Crippen molar-refractivity contribution in [1.82, 2.24) is 10.3 Å². The van der Waals surface area contributed by atoms with Crippen LogP contribution < -0.4 is 14.9 Å². The summed E-state index contributed by atoms with van der Waals surface area (Å²) in [5, 5.41) is 4.77. The van der Waals surface area contributed by atoms with E-state index in [0.717, 1.165) is 86.5 Å². The number of nitrogens with zero attached hydrogens (tertiary/aromatic N) is 2. The van der Waals surface area contributed by atoms with Crippen LogP contribution in [-0.2, 0) is 10.2 Å². The summed E-state index contributed by atoms with van der Waals surface area (Å²) in [5.74, 6) is 4.09. The molecule has 5 aliphatic carbocycles. The van der Waals surface area contributed by atoms with E-state index in [1.54, 1.807) is 14.2 Å². The molecule has 1 heterocycles. The first-order valence-electron chi connectivity index (χ1n) is 13.2. The minimum atomic E-state index is -0.138. The number of fused-ring (bicyclic) bond motifs is 1. The molecule has 7 rings (SSSR count). The first-order chi connectivity index (χ1) is 16.4. The van der Waals surface area contributed by atoms with E-state index in [1.807, 2.05) is 6.07 Å². The van der Waals surface area contributed by atoms with Crippen LogP contribution in [0.25, 0.3) is 0 Å². The van der Waals surface area contributed by atoms with Crippen molar-refractivity contribution in [3.63, 3.8) is 0 Å². The number of hydrogen-bond donors (Lipinski definition) is 1. The molecule has 6 heteroatoms. The molecular formula is C28H39N3O3. The Bertz CT molecular complexity index is 969. The smallest absolute Gasteiger partial charge is 0.246 e. The van der Waals surface area contributed by atoms with Crippen molar-refractivity contribution in [3.8, 4) is 11.5 Å². The van der Waals surface area contributed by atoms with Gasteiger partial charge in [0, 0.05) is 23.6 Å².